The second-order valence-electron chi connectivity index (χ2n) is 10.8. The van der Waals surface area contributed by atoms with Crippen molar-refractivity contribution in [3.8, 4) is 0 Å². The lowest BCUT2D eigenvalue weighted by molar-refractivity contribution is -0.146. The molecular weight excluding hydrogens is 454 g/mol. The molecule has 0 spiro atoms. The van der Waals surface area contributed by atoms with Crippen LogP contribution in [0.15, 0.2) is 48.5 Å². The summed E-state index contributed by atoms with van der Waals surface area (Å²) in [6, 6.07) is 14.6. The van der Waals surface area contributed by atoms with Crippen LogP contribution in [0.5, 0.6) is 0 Å². The minimum Gasteiger partial charge on any atom is -0.444 e. The summed E-state index contributed by atoms with van der Waals surface area (Å²) in [4.78, 5) is 41.3. The number of alkyl carbamates (subject to hydrolysis) is 1. The SMILES string of the molecule is CCC(C)(C)N(C(=O)CNC(=O)OC(C)(C)C)C(C(=O)NCc1ccccc1)c1ccc(C)cc1C. The fourth-order valence-corrected chi connectivity index (χ4v) is 3.96. The predicted octanol–water partition coefficient (Wildman–Crippen LogP) is 5.20. The Labute approximate surface area is 215 Å². The van der Waals surface area contributed by atoms with E-state index in [-0.39, 0.29) is 18.4 Å². The zero-order valence-corrected chi connectivity index (χ0v) is 22.9. The van der Waals surface area contributed by atoms with Gasteiger partial charge in [-0.15, -0.1) is 0 Å². The molecule has 1 unspecified atom stereocenters. The summed E-state index contributed by atoms with van der Waals surface area (Å²) in [5, 5.41) is 5.58. The molecule has 0 heterocycles. The maximum atomic E-state index is 13.8. The number of rotatable bonds is 9. The van der Waals surface area contributed by atoms with Gasteiger partial charge in [-0.3, -0.25) is 9.59 Å². The highest BCUT2D eigenvalue weighted by Crippen LogP contribution is 2.33. The van der Waals surface area contributed by atoms with Crippen LogP contribution in [-0.4, -0.2) is 40.5 Å². The number of hydrogen-bond acceptors (Lipinski definition) is 4. The molecule has 0 radical (unpaired) electrons. The van der Waals surface area contributed by atoms with Crippen molar-refractivity contribution in [2.75, 3.05) is 6.54 Å². The molecule has 0 saturated heterocycles. The Morgan fingerprint density at radius 2 is 1.58 bits per heavy atom. The Morgan fingerprint density at radius 3 is 2.14 bits per heavy atom. The third kappa shape index (κ3) is 8.11. The van der Waals surface area contributed by atoms with Gasteiger partial charge in [0.2, 0.25) is 11.8 Å². The Kier molecular flexibility index (Phi) is 9.68. The van der Waals surface area contributed by atoms with Gasteiger partial charge in [0, 0.05) is 12.1 Å². The van der Waals surface area contributed by atoms with Gasteiger partial charge in [0.25, 0.3) is 0 Å². The number of nitrogens with one attached hydrogen (secondary N) is 2. The maximum absolute atomic E-state index is 13.8. The molecule has 0 fully saturated rings. The third-order valence-electron chi connectivity index (χ3n) is 6.10. The first-order valence-electron chi connectivity index (χ1n) is 12.4. The number of ether oxygens (including phenoxy) is 1. The topological polar surface area (TPSA) is 87.7 Å². The minimum absolute atomic E-state index is 0.280. The highest BCUT2D eigenvalue weighted by molar-refractivity contribution is 5.91. The van der Waals surface area contributed by atoms with Crippen LogP contribution in [0.4, 0.5) is 4.79 Å². The summed E-state index contributed by atoms with van der Waals surface area (Å²) in [6.07, 6.45) is -0.0693. The van der Waals surface area contributed by atoms with Gasteiger partial charge in [-0.05, 0) is 71.6 Å². The molecule has 3 amide bonds. The zero-order valence-electron chi connectivity index (χ0n) is 22.9. The van der Waals surface area contributed by atoms with Crippen LogP contribution in [0.2, 0.25) is 0 Å². The predicted molar refractivity (Wildman–Crippen MR) is 142 cm³/mol. The first-order chi connectivity index (χ1) is 16.7. The monoisotopic (exact) mass is 495 g/mol. The molecule has 2 N–H and O–H groups in total. The first kappa shape index (κ1) is 28.9. The minimum atomic E-state index is -0.878. The summed E-state index contributed by atoms with van der Waals surface area (Å²) in [5.74, 6) is -0.648. The first-order valence-corrected chi connectivity index (χ1v) is 12.4. The summed E-state index contributed by atoms with van der Waals surface area (Å²) in [6.45, 7) is 15.1. The molecule has 2 aromatic rings. The van der Waals surface area contributed by atoms with Gasteiger partial charge in [0.15, 0.2) is 0 Å². The number of hydrogen-bond donors (Lipinski definition) is 2. The van der Waals surface area contributed by atoms with E-state index in [0.717, 1.165) is 22.3 Å². The van der Waals surface area contributed by atoms with Gasteiger partial charge < -0.3 is 20.3 Å². The largest absolute Gasteiger partial charge is 0.444 e. The van der Waals surface area contributed by atoms with Crippen molar-refractivity contribution in [1.29, 1.82) is 0 Å². The van der Waals surface area contributed by atoms with Gasteiger partial charge in [0.05, 0.1) is 0 Å². The van der Waals surface area contributed by atoms with E-state index >= 15 is 0 Å². The number of amides is 3. The number of nitrogens with zero attached hydrogens (tertiary/aromatic N) is 1. The van der Waals surface area contributed by atoms with Crippen molar-refractivity contribution in [3.05, 3.63) is 70.8 Å². The summed E-state index contributed by atoms with van der Waals surface area (Å²) >= 11 is 0. The molecule has 0 aliphatic heterocycles. The molecule has 2 aromatic carbocycles. The highest BCUT2D eigenvalue weighted by atomic mass is 16.6. The molecule has 2 rings (SSSR count). The molecule has 0 bridgehead atoms. The van der Waals surface area contributed by atoms with Gasteiger partial charge in [-0.2, -0.15) is 0 Å². The fraction of sp³-hybridized carbons (Fsp3) is 0.483. The average Bonchev–Trinajstić information content (AvgIpc) is 2.79. The van der Waals surface area contributed by atoms with Crippen molar-refractivity contribution in [3.63, 3.8) is 0 Å². The van der Waals surface area contributed by atoms with Gasteiger partial charge in [0.1, 0.15) is 18.2 Å². The molecule has 196 valence electrons. The highest BCUT2D eigenvalue weighted by Gasteiger charge is 2.40. The van der Waals surface area contributed by atoms with Crippen LogP contribution in [0.3, 0.4) is 0 Å². The average molecular weight is 496 g/mol. The normalized spacial score (nSPS) is 12.4. The van der Waals surface area contributed by atoms with Crippen LogP contribution < -0.4 is 10.6 Å². The van der Waals surface area contributed by atoms with Gasteiger partial charge in [-0.1, -0.05) is 61.0 Å². The van der Waals surface area contributed by atoms with Gasteiger partial charge >= 0.3 is 6.09 Å². The van der Waals surface area contributed by atoms with E-state index in [9.17, 15) is 14.4 Å². The van der Waals surface area contributed by atoms with Crippen LogP contribution in [0.25, 0.3) is 0 Å². The Balaban J connectivity index is 2.44. The van der Waals surface area contributed by atoms with Crippen molar-refractivity contribution in [1.82, 2.24) is 15.5 Å². The van der Waals surface area contributed by atoms with E-state index in [0.29, 0.717) is 13.0 Å². The number of carbonyl (C=O) groups is 3. The molecule has 0 aliphatic carbocycles. The number of carbonyl (C=O) groups excluding carboxylic acids is 3. The lowest BCUT2D eigenvalue weighted by atomic mass is 9.90. The van der Waals surface area contributed by atoms with E-state index in [1.165, 1.54) is 0 Å². The zero-order chi connectivity index (χ0) is 27.1. The summed E-state index contributed by atoms with van der Waals surface area (Å²) in [7, 11) is 0. The molecule has 0 aliphatic rings. The van der Waals surface area contributed by atoms with Crippen LogP contribution >= 0.6 is 0 Å². The van der Waals surface area contributed by atoms with E-state index in [1.54, 1.807) is 25.7 Å². The Morgan fingerprint density at radius 1 is 0.944 bits per heavy atom. The quantitative estimate of drug-likeness (QED) is 0.500. The smallest absolute Gasteiger partial charge is 0.408 e. The van der Waals surface area contributed by atoms with E-state index in [4.69, 9.17) is 4.74 Å². The summed E-state index contributed by atoms with van der Waals surface area (Å²) in [5.41, 5.74) is 2.34. The summed E-state index contributed by atoms with van der Waals surface area (Å²) < 4.78 is 5.29. The molecule has 36 heavy (non-hydrogen) atoms. The molecule has 0 saturated carbocycles. The molecular formula is C29H41N3O4. The van der Waals surface area contributed by atoms with Crippen molar-refractivity contribution in [2.24, 2.45) is 0 Å². The van der Waals surface area contributed by atoms with E-state index in [2.05, 4.69) is 10.6 Å². The van der Waals surface area contributed by atoms with Crippen LogP contribution in [-0.2, 0) is 20.9 Å². The van der Waals surface area contributed by atoms with E-state index in [1.807, 2.05) is 83.1 Å². The fourth-order valence-electron chi connectivity index (χ4n) is 3.96. The maximum Gasteiger partial charge on any atom is 0.408 e. The Bertz CT molecular complexity index is 1060. The third-order valence-corrected chi connectivity index (χ3v) is 6.10. The molecule has 7 heteroatoms. The lowest BCUT2D eigenvalue weighted by Crippen LogP contribution is -2.56. The van der Waals surface area contributed by atoms with Crippen molar-refractivity contribution >= 4 is 17.9 Å². The van der Waals surface area contributed by atoms with Gasteiger partial charge in [-0.25, -0.2) is 4.79 Å². The number of benzene rings is 2. The molecule has 1 atom stereocenters. The van der Waals surface area contributed by atoms with Crippen molar-refractivity contribution in [2.45, 2.75) is 85.5 Å². The second kappa shape index (κ2) is 12.1. The molecule has 0 aromatic heterocycles. The van der Waals surface area contributed by atoms with Crippen LogP contribution in [0, 0.1) is 13.8 Å². The van der Waals surface area contributed by atoms with Crippen molar-refractivity contribution < 1.29 is 19.1 Å². The second-order valence-corrected chi connectivity index (χ2v) is 10.8. The standard InChI is InChI=1S/C29H41N3O4/c1-9-29(7,8)32(24(33)19-31-27(35)36-28(4,5)6)25(23-16-15-20(2)17-21(23)3)26(34)30-18-22-13-11-10-12-14-22/h10-17,25H,9,18-19H2,1-8H3,(H,30,34)(H,31,35). The van der Waals surface area contributed by atoms with Crippen LogP contribution in [0.1, 0.15) is 76.3 Å². The Hall–Kier alpha value is -3.35. The van der Waals surface area contributed by atoms with E-state index < -0.39 is 23.3 Å². The molecule has 7 nitrogen and oxygen atoms in total. The number of aryl methyl sites for hydroxylation is 2. The lowest BCUT2D eigenvalue weighted by Gasteiger charge is -2.43.